The van der Waals surface area contributed by atoms with Crippen LogP contribution in [-0.4, -0.2) is 39.1 Å². The van der Waals surface area contributed by atoms with E-state index in [2.05, 4.69) is 32.4 Å². The van der Waals surface area contributed by atoms with Gasteiger partial charge in [-0.15, -0.1) is 4.59 Å². The van der Waals surface area contributed by atoms with Gasteiger partial charge >= 0.3 is 0 Å². The lowest BCUT2D eigenvalue weighted by molar-refractivity contribution is -0.750. The van der Waals surface area contributed by atoms with Crippen molar-refractivity contribution in [3.8, 4) is 0 Å². The first-order chi connectivity index (χ1) is 18.8. The standard InChI is InChI=1S/C28H26Cl2FN7O/c29-26-19(11-20(31)27(30)37-26)13-24(39)34-14-16-5-7-17(8-6-16)25-23-15-33-9-10-38(23,32)28(36-25)22-12-18-3-1-2-4-21(18)35-22/h1-4,9-12,15-17H,5-8,13-14,32H2,(H-,33,34,35,36,39)/p+1. The monoisotopic (exact) mass is 566 g/mol. The van der Waals surface area contributed by atoms with E-state index in [1.165, 1.54) is 0 Å². The molecular weight excluding hydrogens is 540 g/mol. The van der Waals surface area contributed by atoms with Gasteiger partial charge in [0.1, 0.15) is 22.7 Å². The lowest BCUT2D eigenvalue weighted by atomic mass is 9.80. The molecule has 1 atom stereocenters. The Balaban J connectivity index is 1.12. The molecule has 0 bridgehead atoms. The van der Waals surface area contributed by atoms with E-state index in [0.717, 1.165) is 65.6 Å². The molecule has 1 saturated carbocycles. The number of benzene rings is 1. The summed E-state index contributed by atoms with van der Waals surface area (Å²) in [6.07, 6.45) is 9.08. The molecule has 1 unspecified atom stereocenters. The highest BCUT2D eigenvalue weighted by molar-refractivity contribution is 6.33. The van der Waals surface area contributed by atoms with Crippen molar-refractivity contribution in [3.63, 3.8) is 0 Å². The van der Waals surface area contributed by atoms with Crippen molar-refractivity contribution in [1.82, 2.24) is 15.3 Å². The highest BCUT2D eigenvalue weighted by Crippen LogP contribution is 2.41. The third-order valence-corrected chi connectivity index (χ3v) is 8.32. The van der Waals surface area contributed by atoms with Gasteiger partial charge in [-0.05, 0) is 49.8 Å². The summed E-state index contributed by atoms with van der Waals surface area (Å²) in [6.45, 7) is 0.545. The van der Waals surface area contributed by atoms with Gasteiger partial charge in [0.05, 0.1) is 18.8 Å². The number of amides is 1. The van der Waals surface area contributed by atoms with Crippen molar-refractivity contribution < 1.29 is 13.8 Å². The van der Waals surface area contributed by atoms with E-state index in [-0.39, 0.29) is 33.1 Å². The zero-order valence-corrected chi connectivity index (χ0v) is 22.5. The van der Waals surface area contributed by atoms with Crippen molar-refractivity contribution in [2.75, 3.05) is 6.54 Å². The lowest BCUT2D eigenvalue weighted by Gasteiger charge is -2.29. The quantitative estimate of drug-likeness (QED) is 0.211. The average Bonchev–Trinajstić information content (AvgIpc) is 3.49. The van der Waals surface area contributed by atoms with Crippen LogP contribution in [0.2, 0.25) is 10.3 Å². The SMILES string of the molecule is N[N+]12C=CN=CC1=C(C1CCC(CNC(=O)Cc3cc(F)c(Cl)nc3Cl)CC1)N=C2c1cc2ccccc2[nH]1. The summed E-state index contributed by atoms with van der Waals surface area (Å²) in [6, 6.07) is 11.4. The number of nitrogens with one attached hydrogen (secondary N) is 2. The van der Waals surface area contributed by atoms with Gasteiger partial charge in [0, 0.05) is 28.9 Å². The summed E-state index contributed by atoms with van der Waals surface area (Å²) in [5.74, 6) is 7.32. The van der Waals surface area contributed by atoms with Gasteiger partial charge in [0.15, 0.2) is 11.0 Å². The Morgan fingerprint density at radius 2 is 1.95 bits per heavy atom. The molecule has 1 aliphatic carbocycles. The minimum atomic E-state index is -0.696. The number of carbonyl (C=O) groups excluding carboxylic acids is 1. The number of hydrogen-bond donors (Lipinski definition) is 3. The molecule has 4 N–H and O–H groups in total. The molecule has 0 saturated heterocycles. The van der Waals surface area contributed by atoms with Gasteiger partial charge in [-0.2, -0.15) is 10.8 Å². The summed E-state index contributed by atoms with van der Waals surface area (Å²) in [5.41, 5.74) is 4.11. The Morgan fingerprint density at radius 3 is 2.74 bits per heavy atom. The number of amidine groups is 1. The first-order valence-corrected chi connectivity index (χ1v) is 13.6. The van der Waals surface area contributed by atoms with Gasteiger partial charge in [0.25, 0.3) is 5.84 Å². The smallest absolute Gasteiger partial charge is 0.281 e. The molecule has 39 heavy (non-hydrogen) atoms. The number of quaternary nitrogens is 1. The molecule has 2 aliphatic heterocycles. The Hall–Kier alpha value is -3.37. The Kier molecular flexibility index (Phi) is 6.84. The molecule has 6 rings (SSSR count). The zero-order valence-electron chi connectivity index (χ0n) is 21.0. The van der Waals surface area contributed by atoms with Gasteiger partial charge in [-0.3, -0.25) is 9.79 Å². The topological polar surface area (TPSA) is 109 Å². The van der Waals surface area contributed by atoms with E-state index in [1.54, 1.807) is 6.20 Å². The van der Waals surface area contributed by atoms with E-state index in [4.69, 9.17) is 34.0 Å². The zero-order chi connectivity index (χ0) is 27.1. The third kappa shape index (κ3) is 4.91. The summed E-state index contributed by atoms with van der Waals surface area (Å²) in [4.78, 5) is 29.1. The van der Waals surface area contributed by atoms with E-state index >= 15 is 0 Å². The first kappa shape index (κ1) is 25.9. The van der Waals surface area contributed by atoms with Gasteiger partial charge in [-0.1, -0.05) is 41.4 Å². The van der Waals surface area contributed by atoms with Crippen molar-refractivity contribution >= 4 is 52.1 Å². The second-order valence-electron chi connectivity index (χ2n) is 10.2. The molecule has 1 aromatic carbocycles. The number of aromatic nitrogens is 2. The van der Waals surface area contributed by atoms with E-state index in [1.807, 2.05) is 30.6 Å². The number of hydrogen-bond acceptors (Lipinski definition) is 5. The number of nitrogens with zero attached hydrogens (tertiary/aromatic N) is 4. The molecule has 0 radical (unpaired) electrons. The normalized spacial score (nSPS) is 24.3. The number of para-hydroxylation sites is 1. The largest absolute Gasteiger partial charge is 0.356 e. The number of aromatic amines is 1. The van der Waals surface area contributed by atoms with E-state index < -0.39 is 5.82 Å². The van der Waals surface area contributed by atoms with Crippen LogP contribution < -0.4 is 11.2 Å². The summed E-state index contributed by atoms with van der Waals surface area (Å²) < 4.78 is 13.7. The summed E-state index contributed by atoms with van der Waals surface area (Å²) >= 11 is 11.7. The molecule has 200 valence electrons. The second-order valence-corrected chi connectivity index (χ2v) is 11.0. The molecule has 11 heteroatoms. The summed E-state index contributed by atoms with van der Waals surface area (Å²) in [7, 11) is 0. The lowest BCUT2D eigenvalue weighted by Crippen LogP contribution is -2.53. The number of carbonyl (C=O) groups is 1. The van der Waals surface area contributed by atoms with Crippen LogP contribution in [0.25, 0.3) is 10.9 Å². The molecular formula is C28H27Cl2FN7O+. The number of fused-ring (bicyclic) bond motifs is 2. The van der Waals surface area contributed by atoms with Crippen LogP contribution in [0.1, 0.15) is 36.9 Å². The van der Waals surface area contributed by atoms with Gasteiger partial charge in [-0.25, -0.2) is 9.37 Å². The molecule has 8 nitrogen and oxygen atoms in total. The maximum absolute atomic E-state index is 13.7. The van der Waals surface area contributed by atoms with Crippen molar-refractivity contribution in [3.05, 3.63) is 87.6 Å². The second kappa shape index (κ2) is 10.3. The third-order valence-electron chi connectivity index (χ3n) is 7.73. The minimum Gasteiger partial charge on any atom is -0.356 e. The Labute approximate surface area is 234 Å². The van der Waals surface area contributed by atoms with Crippen LogP contribution >= 0.6 is 23.2 Å². The van der Waals surface area contributed by atoms with Crippen LogP contribution in [-0.2, 0) is 11.2 Å². The molecule has 1 fully saturated rings. The van der Waals surface area contributed by atoms with Gasteiger partial charge in [0.2, 0.25) is 11.6 Å². The molecule has 1 amide bonds. The fourth-order valence-electron chi connectivity index (χ4n) is 5.62. The first-order valence-electron chi connectivity index (χ1n) is 12.9. The molecule has 3 aliphatic rings. The number of aliphatic imine (C=N–C) groups is 2. The number of pyridine rings is 1. The molecule has 3 aromatic rings. The number of rotatable bonds is 6. The average molecular weight is 567 g/mol. The maximum atomic E-state index is 13.7. The highest BCUT2D eigenvalue weighted by Gasteiger charge is 2.46. The molecule has 4 heterocycles. The fraction of sp³-hybridized carbons (Fsp3) is 0.286. The minimum absolute atomic E-state index is 0.00957. The van der Waals surface area contributed by atoms with Crippen LogP contribution in [0.5, 0.6) is 0 Å². The van der Waals surface area contributed by atoms with E-state index in [9.17, 15) is 9.18 Å². The van der Waals surface area contributed by atoms with Crippen LogP contribution in [0, 0.1) is 17.7 Å². The fourth-order valence-corrected chi connectivity index (χ4v) is 6.01. The number of allylic oxidation sites excluding steroid dienone is 2. The van der Waals surface area contributed by atoms with Crippen molar-refractivity contribution in [2.24, 2.45) is 27.7 Å². The van der Waals surface area contributed by atoms with E-state index in [0.29, 0.717) is 18.0 Å². The van der Waals surface area contributed by atoms with Crippen LogP contribution in [0.15, 0.2) is 70.2 Å². The Morgan fingerprint density at radius 1 is 1.15 bits per heavy atom. The summed E-state index contributed by atoms with van der Waals surface area (Å²) in [5, 5.41) is 3.79. The molecule has 2 aromatic heterocycles. The predicted octanol–water partition coefficient (Wildman–Crippen LogP) is 5.39. The Bertz CT molecular complexity index is 1550. The number of halogens is 3. The predicted molar refractivity (Wildman–Crippen MR) is 150 cm³/mol. The van der Waals surface area contributed by atoms with Crippen molar-refractivity contribution in [2.45, 2.75) is 32.1 Å². The van der Waals surface area contributed by atoms with Crippen molar-refractivity contribution in [1.29, 1.82) is 0 Å². The molecule has 0 spiro atoms. The highest BCUT2D eigenvalue weighted by atomic mass is 35.5. The van der Waals surface area contributed by atoms with Crippen LogP contribution in [0.3, 0.4) is 0 Å². The number of nitrogens with two attached hydrogens (primary N) is 1. The van der Waals surface area contributed by atoms with Crippen LogP contribution in [0.4, 0.5) is 4.39 Å². The van der Waals surface area contributed by atoms with Gasteiger partial charge < -0.3 is 10.3 Å². The maximum Gasteiger partial charge on any atom is 0.281 e. The number of H-pyrrole nitrogens is 1.